The molecule has 0 aliphatic carbocycles. The van der Waals surface area contributed by atoms with E-state index in [9.17, 15) is 14.4 Å². The fraction of sp³-hybridized carbons (Fsp3) is 0.357. The van der Waals surface area contributed by atoms with E-state index < -0.39 is 6.04 Å². The maximum absolute atomic E-state index is 12.5. The Morgan fingerprint density at radius 1 is 1.30 bits per heavy atom. The van der Waals surface area contributed by atoms with Crippen LogP contribution in [0, 0.1) is 0 Å². The molecule has 1 N–H and O–H groups in total. The normalized spacial score (nSPS) is 25.7. The van der Waals surface area contributed by atoms with Crippen molar-refractivity contribution in [3.63, 3.8) is 0 Å². The highest BCUT2D eigenvalue weighted by Gasteiger charge is 2.42. The highest BCUT2D eigenvalue weighted by atomic mass is 79.9. The van der Waals surface area contributed by atoms with Gasteiger partial charge in [-0.15, -0.1) is 0 Å². The molecule has 0 unspecified atom stereocenters. The van der Waals surface area contributed by atoms with E-state index in [2.05, 4.69) is 21.2 Å². The number of nitrogens with one attached hydrogen (secondary N) is 1. The quantitative estimate of drug-likeness (QED) is 0.795. The molecule has 1 fully saturated rings. The van der Waals surface area contributed by atoms with Crippen LogP contribution in [-0.2, 0) is 9.59 Å². The molecule has 5 nitrogen and oxygen atoms in total. The molecule has 0 saturated carbocycles. The first-order chi connectivity index (χ1) is 9.49. The number of carbonyl (C=O) groups is 3. The lowest BCUT2D eigenvalue weighted by Gasteiger charge is -2.32. The molecule has 20 heavy (non-hydrogen) atoms. The average Bonchev–Trinajstić information content (AvgIpc) is 2.63. The van der Waals surface area contributed by atoms with E-state index >= 15 is 0 Å². The minimum Gasteiger partial charge on any atom is -0.320 e. The van der Waals surface area contributed by atoms with E-state index in [1.54, 1.807) is 11.0 Å². The van der Waals surface area contributed by atoms with Crippen molar-refractivity contribution in [1.82, 2.24) is 10.2 Å². The van der Waals surface area contributed by atoms with Gasteiger partial charge in [-0.3, -0.25) is 19.7 Å². The Morgan fingerprint density at radius 3 is 2.75 bits per heavy atom. The predicted octanol–water partition coefficient (Wildman–Crippen LogP) is 1.77. The molecule has 0 bridgehead atoms. The van der Waals surface area contributed by atoms with Crippen molar-refractivity contribution >= 4 is 33.7 Å². The van der Waals surface area contributed by atoms with E-state index in [0.717, 1.165) is 10.0 Å². The number of halogens is 1. The summed E-state index contributed by atoms with van der Waals surface area (Å²) in [4.78, 5) is 37.3. The van der Waals surface area contributed by atoms with Crippen LogP contribution in [0.1, 0.15) is 41.7 Å². The van der Waals surface area contributed by atoms with Gasteiger partial charge in [-0.1, -0.05) is 15.9 Å². The molecular formula is C14H13BrN2O3. The summed E-state index contributed by atoms with van der Waals surface area (Å²) < 4.78 is 0.904. The van der Waals surface area contributed by atoms with Gasteiger partial charge in [0.15, 0.2) is 0 Å². The van der Waals surface area contributed by atoms with Crippen LogP contribution >= 0.6 is 15.9 Å². The molecule has 1 saturated heterocycles. The minimum atomic E-state index is -0.568. The lowest BCUT2D eigenvalue weighted by atomic mass is 10.0. The standard InChI is InChI=1S/C14H13BrN2O3/c1-7-10-6-8(15)2-3-9(10)14(20)17(7)11-4-5-12(18)16-13(11)19/h2-3,6-7,11H,4-5H2,1H3,(H,16,18,19)/t7-,11+/m1/s1. The molecule has 2 aliphatic rings. The molecule has 0 radical (unpaired) electrons. The predicted molar refractivity (Wildman–Crippen MR) is 74.9 cm³/mol. The van der Waals surface area contributed by atoms with E-state index in [1.165, 1.54) is 0 Å². The highest BCUT2D eigenvalue weighted by molar-refractivity contribution is 9.10. The van der Waals surface area contributed by atoms with E-state index in [0.29, 0.717) is 12.0 Å². The van der Waals surface area contributed by atoms with Crippen LogP contribution in [0.15, 0.2) is 22.7 Å². The van der Waals surface area contributed by atoms with Crippen LogP contribution in [-0.4, -0.2) is 28.7 Å². The Kier molecular flexibility index (Phi) is 3.12. The molecule has 6 heteroatoms. The maximum Gasteiger partial charge on any atom is 0.255 e. The third kappa shape index (κ3) is 1.95. The third-order valence-electron chi connectivity index (χ3n) is 3.89. The Morgan fingerprint density at radius 2 is 2.05 bits per heavy atom. The van der Waals surface area contributed by atoms with Gasteiger partial charge < -0.3 is 4.90 Å². The van der Waals surface area contributed by atoms with Gasteiger partial charge in [0.05, 0.1) is 6.04 Å². The number of benzene rings is 1. The van der Waals surface area contributed by atoms with Gasteiger partial charge in [0, 0.05) is 16.5 Å². The van der Waals surface area contributed by atoms with Gasteiger partial charge >= 0.3 is 0 Å². The number of piperidine rings is 1. The molecule has 0 aromatic heterocycles. The van der Waals surface area contributed by atoms with Crippen molar-refractivity contribution in [3.05, 3.63) is 33.8 Å². The van der Waals surface area contributed by atoms with Crippen molar-refractivity contribution in [3.8, 4) is 0 Å². The molecule has 1 aromatic carbocycles. The number of amides is 3. The summed E-state index contributed by atoms with van der Waals surface area (Å²) in [6, 6.07) is 4.76. The number of fused-ring (bicyclic) bond motifs is 1. The SMILES string of the molecule is C[C@@H]1c2cc(Br)ccc2C(=O)N1[C@H]1CCC(=O)NC1=O. The summed E-state index contributed by atoms with van der Waals surface area (Å²) in [6.07, 6.45) is 0.656. The summed E-state index contributed by atoms with van der Waals surface area (Å²) in [5, 5.41) is 2.30. The second-order valence-electron chi connectivity index (χ2n) is 5.09. The van der Waals surface area contributed by atoms with Crippen LogP contribution in [0.4, 0.5) is 0 Å². The van der Waals surface area contributed by atoms with Crippen LogP contribution in [0.3, 0.4) is 0 Å². The monoisotopic (exact) mass is 336 g/mol. The molecule has 2 aliphatic heterocycles. The van der Waals surface area contributed by atoms with Crippen molar-refractivity contribution in [2.45, 2.75) is 31.8 Å². The molecule has 3 amide bonds. The van der Waals surface area contributed by atoms with Crippen molar-refractivity contribution < 1.29 is 14.4 Å². The number of imide groups is 1. The smallest absolute Gasteiger partial charge is 0.255 e. The topological polar surface area (TPSA) is 66.5 Å². The maximum atomic E-state index is 12.5. The van der Waals surface area contributed by atoms with Gasteiger partial charge in [0.2, 0.25) is 11.8 Å². The van der Waals surface area contributed by atoms with Crippen LogP contribution < -0.4 is 5.32 Å². The van der Waals surface area contributed by atoms with E-state index in [-0.39, 0.29) is 30.2 Å². The first-order valence-corrected chi connectivity index (χ1v) is 7.24. The van der Waals surface area contributed by atoms with Crippen molar-refractivity contribution in [2.75, 3.05) is 0 Å². The molecular weight excluding hydrogens is 324 g/mol. The first kappa shape index (κ1) is 13.3. The van der Waals surface area contributed by atoms with Gasteiger partial charge in [-0.05, 0) is 37.1 Å². The fourth-order valence-corrected chi connectivity index (χ4v) is 3.28. The summed E-state index contributed by atoms with van der Waals surface area (Å²) in [5.74, 6) is -0.798. The van der Waals surface area contributed by atoms with Gasteiger partial charge in [-0.2, -0.15) is 0 Å². The largest absolute Gasteiger partial charge is 0.320 e. The molecule has 2 heterocycles. The average molecular weight is 337 g/mol. The second-order valence-corrected chi connectivity index (χ2v) is 6.00. The highest BCUT2D eigenvalue weighted by Crippen LogP contribution is 2.37. The van der Waals surface area contributed by atoms with E-state index in [1.807, 2.05) is 19.1 Å². The van der Waals surface area contributed by atoms with Gasteiger partial charge in [0.1, 0.15) is 6.04 Å². The summed E-state index contributed by atoms with van der Waals surface area (Å²) in [7, 11) is 0. The minimum absolute atomic E-state index is 0.144. The van der Waals surface area contributed by atoms with Gasteiger partial charge in [-0.25, -0.2) is 0 Å². The number of hydrogen-bond acceptors (Lipinski definition) is 3. The van der Waals surface area contributed by atoms with Crippen LogP contribution in [0.25, 0.3) is 0 Å². The zero-order chi connectivity index (χ0) is 14.4. The fourth-order valence-electron chi connectivity index (χ4n) is 2.90. The van der Waals surface area contributed by atoms with Gasteiger partial charge in [0.25, 0.3) is 5.91 Å². The summed E-state index contributed by atoms with van der Waals surface area (Å²) in [6.45, 7) is 1.90. The Bertz CT molecular complexity index is 629. The molecule has 104 valence electrons. The number of hydrogen-bond donors (Lipinski definition) is 1. The molecule has 0 spiro atoms. The number of carbonyl (C=O) groups excluding carboxylic acids is 3. The Hall–Kier alpha value is -1.69. The molecule has 3 rings (SSSR count). The lowest BCUT2D eigenvalue weighted by molar-refractivity contribution is -0.137. The number of nitrogens with zero attached hydrogens (tertiary/aromatic N) is 1. The first-order valence-electron chi connectivity index (χ1n) is 6.45. The molecule has 1 aromatic rings. The van der Waals surface area contributed by atoms with Crippen molar-refractivity contribution in [2.24, 2.45) is 0 Å². The van der Waals surface area contributed by atoms with Crippen LogP contribution in [0.2, 0.25) is 0 Å². The zero-order valence-corrected chi connectivity index (χ0v) is 12.4. The Labute approximate surface area is 124 Å². The van der Waals surface area contributed by atoms with E-state index in [4.69, 9.17) is 0 Å². The van der Waals surface area contributed by atoms with Crippen LogP contribution in [0.5, 0.6) is 0 Å². The lowest BCUT2D eigenvalue weighted by Crippen LogP contribution is -2.53. The molecule has 2 atom stereocenters. The number of rotatable bonds is 1. The Balaban J connectivity index is 1.95. The third-order valence-corrected chi connectivity index (χ3v) is 4.39. The van der Waals surface area contributed by atoms with Crippen molar-refractivity contribution in [1.29, 1.82) is 0 Å². The summed E-state index contributed by atoms with van der Waals surface area (Å²) in [5.41, 5.74) is 1.54. The summed E-state index contributed by atoms with van der Waals surface area (Å²) >= 11 is 3.39. The zero-order valence-electron chi connectivity index (χ0n) is 10.9. The second kappa shape index (κ2) is 4.70.